The van der Waals surface area contributed by atoms with Crippen molar-refractivity contribution in [3.05, 3.63) is 497 Å². The number of hydrogen-bond acceptors (Lipinski definition) is 0. The average Bonchev–Trinajstić information content (AvgIpc) is 0.718. The Morgan fingerprint density at radius 2 is 0.243 bits per heavy atom. The average molecular weight is 1760 g/mol. The highest BCUT2D eigenvalue weighted by atomic mass is 14.3. The van der Waals surface area contributed by atoms with E-state index in [0.717, 1.165) is 0 Å². The minimum atomic E-state index is 1.19. The van der Waals surface area contributed by atoms with E-state index in [1.54, 1.807) is 0 Å². The molecular weight excluding hydrogens is 1680 g/mol. The Kier molecular flexibility index (Phi) is 17.1. The van der Waals surface area contributed by atoms with Gasteiger partial charge in [0.05, 0.1) is 0 Å². The molecule has 0 amide bonds. The molecule has 0 fully saturated rings. The molecule has 0 aliphatic carbocycles. The van der Waals surface area contributed by atoms with Crippen molar-refractivity contribution in [1.29, 1.82) is 0 Å². The lowest BCUT2D eigenvalue weighted by Gasteiger charge is -2.21. The van der Waals surface area contributed by atoms with Crippen LogP contribution < -0.4 is 0 Å². The first-order valence-corrected chi connectivity index (χ1v) is 48.9. The fourth-order valence-corrected chi connectivity index (χ4v) is 25.0. The zero-order chi connectivity index (χ0) is 91.5. The molecule has 30 rings (SSSR count). The quantitative estimate of drug-likeness (QED) is 0.0998. The molecule has 0 nitrogen and oxygen atoms in total. The maximum absolute atomic E-state index is 2.49. The SMILES string of the molecule is c1cc(-c2ccc3c(-c4cccc5ccccc45)c4ccccc4c(-c4cccc5ccccc45)c3c2)c2cc3ccc4c(-c5cccc6cc7c(ccc8c(-c9cccc%10c9ccc9cc%11c(-c%12cccc%13c%12ccc%12cc%14c(-c%15ccc%16c(-c%17cccc%18ccccc%17%18)c%17ccccc%17c(-c%17cccc%18ccccc%17%18)c%16c%15)cccc%14cc%12%13)cccc%11cc9%10)cccc87)cc56)cccc4c3cc2c1. The van der Waals surface area contributed by atoms with E-state index in [1.165, 1.54) is 316 Å². The number of hydrogen-bond donors (Lipinski definition) is 0. The normalized spacial score (nSPS) is 12.1. The van der Waals surface area contributed by atoms with E-state index in [2.05, 4.69) is 497 Å². The second-order valence-corrected chi connectivity index (χ2v) is 38.5. The third-order valence-corrected chi connectivity index (χ3v) is 31.3. The van der Waals surface area contributed by atoms with E-state index in [0.29, 0.717) is 0 Å². The first-order chi connectivity index (χ1) is 69.4. The van der Waals surface area contributed by atoms with Gasteiger partial charge in [0.25, 0.3) is 0 Å². The lowest BCUT2D eigenvalue weighted by atomic mass is 9.82. The summed E-state index contributed by atoms with van der Waals surface area (Å²) in [5, 5.41) is 49.5. The third kappa shape index (κ3) is 11.8. The standard InChI is InChI=1S/C140H82/c1-5-37-97-83(25-1)29-13-57-117(97)137-121-41-9-11-43-123(121)139(119-59-15-31-85-27-3-7-39-99(85)119)135-81-91(65-71-125(135)137)101-45-17-33-87-73-131-93(77-127(87)101)61-69-115-105(51-23-55-111(115)131)107-47-19-35-89-75-133-95(79-129(89)107)63-67-113-103(49-21-53-109(113)133)104-50-22-54-110-114(104)68-64-96-80-130-90(76-134(96)110)36-20-48-108(130)106-52-24-56-112-116(106)70-62-94-78-128-88(74-132(94)112)34-18-46-102(128)92-66-72-126-136(82-92)140(120-60-16-32-86-28-4-8-40-100(86)120)124-44-12-10-42-122(124)138(126)118-58-14-30-84-26-2-6-38-98(84)118/h1-82H. The highest BCUT2D eigenvalue weighted by Crippen LogP contribution is 2.54. The molecule has 0 heteroatoms. The van der Waals surface area contributed by atoms with Gasteiger partial charge in [0.1, 0.15) is 0 Å². The maximum atomic E-state index is 2.49. The fourth-order valence-electron chi connectivity index (χ4n) is 25.0. The van der Waals surface area contributed by atoms with Gasteiger partial charge in [0, 0.05) is 0 Å². The van der Waals surface area contributed by atoms with Crippen molar-refractivity contribution in [3.8, 4) is 100 Å². The summed E-state index contributed by atoms with van der Waals surface area (Å²) in [5.41, 5.74) is 22.2. The monoisotopic (exact) mass is 1760 g/mol. The predicted octanol–water partition coefficient (Wildman–Crippen LogP) is 39.8. The van der Waals surface area contributed by atoms with Crippen molar-refractivity contribution < 1.29 is 0 Å². The van der Waals surface area contributed by atoms with E-state index in [-0.39, 0.29) is 0 Å². The maximum Gasteiger partial charge on any atom is -0.00199 e. The molecule has 0 bridgehead atoms. The second kappa shape index (κ2) is 30.7. The number of fused-ring (bicyclic) bond motifs is 24. The van der Waals surface area contributed by atoms with Crippen LogP contribution in [0.2, 0.25) is 0 Å². The topological polar surface area (TPSA) is 0 Å². The van der Waals surface area contributed by atoms with E-state index in [4.69, 9.17) is 0 Å². The first kappa shape index (κ1) is 78.2. The molecule has 0 unspecified atom stereocenters. The van der Waals surface area contributed by atoms with E-state index in [9.17, 15) is 0 Å². The first-order valence-electron chi connectivity index (χ1n) is 48.9. The molecular formula is C140H82. The molecule has 0 saturated heterocycles. The van der Waals surface area contributed by atoms with Crippen LogP contribution in [0, 0.1) is 0 Å². The Morgan fingerprint density at radius 1 is 0.0714 bits per heavy atom. The van der Waals surface area contributed by atoms with Gasteiger partial charge in [-0.2, -0.15) is 0 Å². The molecule has 642 valence electrons. The Labute approximate surface area is 807 Å². The summed E-state index contributed by atoms with van der Waals surface area (Å²) < 4.78 is 0. The highest BCUT2D eigenvalue weighted by Gasteiger charge is 2.27. The van der Waals surface area contributed by atoms with Gasteiger partial charge in [-0.3, -0.25) is 0 Å². The van der Waals surface area contributed by atoms with Gasteiger partial charge in [-0.15, -0.1) is 0 Å². The summed E-state index contributed by atoms with van der Waals surface area (Å²) in [6.07, 6.45) is 0. The molecule has 140 heavy (non-hydrogen) atoms. The molecule has 0 aliphatic rings. The van der Waals surface area contributed by atoms with Gasteiger partial charge in [-0.05, 0) is 376 Å². The number of benzene rings is 30. The van der Waals surface area contributed by atoms with Gasteiger partial charge in [-0.1, -0.05) is 437 Å². The van der Waals surface area contributed by atoms with Crippen LogP contribution in [0.5, 0.6) is 0 Å². The van der Waals surface area contributed by atoms with Gasteiger partial charge in [0.2, 0.25) is 0 Å². The van der Waals surface area contributed by atoms with E-state index in [1.807, 2.05) is 0 Å². The summed E-state index contributed by atoms with van der Waals surface area (Å²) >= 11 is 0. The lowest BCUT2D eigenvalue weighted by Crippen LogP contribution is -1.93. The molecule has 30 aromatic carbocycles. The molecule has 0 heterocycles. The van der Waals surface area contributed by atoms with Gasteiger partial charge >= 0.3 is 0 Å². The minimum Gasteiger partial charge on any atom is -0.0616 e. The number of rotatable bonds is 9. The van der Waals surface area contributed by atoms with Crippen LogP contribution >= 0.6 is 0 Å². The van der Waals surface area contributed by atoms with Crippen LogP contribution in [0.3, 0.4) is 0 Å². The summed E-state index contributed by atoms with van der Waals surface area (Å²) in [7, 11) is 0. The smallest absolute Gasteiger partial charge is 0.00199 e. The zero-order valence-electron chi connectivity index (χ0n) is 76.3. The van der Waals surface area contributed by atoms with Crippen LogP contribution in [0.1, 0.15) is 0 Å². The fraction of sp³-hybridized carbons (Fsp3) is 0. The van der Waals surface area contributed by atoms with Crippen molar-refractivity contribution in [2.75, 3.05) is 0 Å². The van der Waals surface area contributed by atoms with Crippen molar-refractivity contribution >= 4 is 215 Å². The Hall–Kier alpha value is -18.2. The molecule has 0 N–H and O–H groups in total. The Balaban J connectivity index is 0.486. The Bertz CT molecular complexity index is 10100. The summed E-state index contributed by atoms with van der Waals surface area (Å²) in [6.45, 7) is 0. The van der Waals surface area contributed by atoms with Gasteiger partial charge in [0.15, 0.2) is 0 Å². The zero-order valence-corrected chi connectivity index (χ0v) is 76.3. The van der Waals surface area contributed by atoms with Gasteiger partial charge < -0.3 is 0 Å². The van der Waals surface area contributed by atoms with E-state index >= 15 is 0 Å². The van der Waals surface area contributed by atoms with Crippen LogP contribution in [-0.2, 0) is 0 Å². The van der Waals surface area contributed by atoms with Crippen LogP contribution in [0.4, 0.5) is 0 Å². The lowest BCUT2D eigenvalue weighted by molar-refractivity contribution is 1.67. The molecule has 0 radical (unpaired) electrons. The predicted molar refractivity (Wildman–Crippen MR) is 605 cm³/mol. The van der Waals surface area contributed by atoms with Crippen molar-refractivity contribution in [2.24, 2.45) is 0 Å². The third-order valence-electron chi connectivity index (χ3n) is 31.3. The summed E-state index contributed by atoms with van der Waals surface area (Å²) in [6, 6.07) is 189. The van der Waals surface area contributed by atoms with E-state index < -0.39 is 0 Å². The second-order valence-electron chi connectivity index (χ2n) is 38.5. The molecule has 0 atom stereocenters. The van der Waals surface area contributed by atoms with Crippen LogP contribution in [-0.4, -0.2) is 0 Å². The largest absolute Gasteiger partial charge is 0.0616 e. The van der Waals surface area contributed by atoms with Crippen LogP contribution in [0.15, 0.2) is 497 Å². The van der Waals surface area contributed by atoms with Crippen molar-refractivity contribution in [3.63, 3.8) is 0 Å². The Morgan fingerprint density at radius 3 is 0.521 bits per heavy atom. The highest BCUT2D eigenvalue weighted by molar-refractivity contribution is 6.31. The van der Waals surface area contributed by atoms with Gasteiger partial charge in [-0.25, -0.2) is 0 Å². The van der Waals surface area contributed by atoms with Crippen molar-refractivity contribution in [2.45, 2.75) is 0 Å². The molecule has 0 aromatic heterocycles. The summed E-state index contributed by atoms with van der Waals surface area (Å²) in [5.74, 6) is 0. The van der Waals surface area contributed by atoms with Crippen LogP contribution in [0.25, 0.3) is 316 Å². The molecule has 30 aromatic rings. The molecule has 0 aliphatic heterocycles. The molecule has 0 saturated carbocycles. The summed E-state index contributed by atoms with van der Waals surface area (Å²) in [4.78, 5) is 0. The minimum absolute atomic E-state index is 1.19. The van der Waals surface area contributed by atoms with Crippen molar-refractivity contribution in [1.82, 2.24) is 0 Å². The molecule has 0 spiro atoms.